The zero-order chi connectivity index (χ0) is 7.78. The van der Waals surface area contributed by atoms with Crippen LogP contribution in [0.4, 0.5) is 4.79 Å². The van der Waals surface area contributed by atoms with Crippen LogP contribution in [0.3, 0.4) is 0 Å². The molecule has 1 rings (SSSR count). The van der Waals surface area contributed by atoms with Gasteiger partial charge in [0.25, 0.3) is 0 Å². The molecule has 0 aliphatic carbocycles. The van der Waals surface area contributed by atoms with Crippen molar-refractivity contribution in [1.82, 2.24) is 4.90 Å². The van der Waals surface area contributed by atoms with Crippen molar-refractivity contribution in [2.75, 3.05) is 0 Å². The summed E-state index contributed by atoms with van der Waals surface area (Å²) in [4.78, 5) is 11.5. The topological polar surface area (TPSA) is 49.8 Å². The maximum Gasteiger partial charge on any atom is 0.414 e. The van der Waals surface area contributed by atoms with Crippen molar-refractivity contribution < 1.29 is 14.6 Å². The average molecular weight is 143 g/mol. The third-order valence-electron chi connectivity index (χ3n) is 1.35. The number of carbonyl (C=O) groups is 1. The molecular weight excluding hydrogens is 134 g/mol. The fourth-order valence-corrected chi connectivity index (χ4v) is 0.788. The molecule has 4 heteroatoms. The van der Waals surface area contributed by atoms with Crippen LogP contribution in [0.15, 0.2) is 12.5 Å². The van der Waals surface area contributed by atoms with Crippen molar-refractivity contribution in [3.8, 4) is 0 Å². The monoisotopic (exact) mass is 143 g/mol. The largest absolute Gasteiger partial charge is 0.474 e. The van der Waals surface area contributed by atoms with E-state index in [1.165, 1.54) is 12.5 Å². The lowest BCUT2D eigenvalue weighted by atomic mass is 10.3. The van der Waals surface area contributed by atoms with Gasteiger partial charge in [-0.15, -0.1) is 0 Å². The molecule has 0 saturated heterocycles. The second kappa shape index (κ2) is 1.90. The number of carboxylic acid groups (broad SMARTS) is 1. The number of amides is 1. The number of nitrogens with zero attached hydrogens (tertiary/aromatic N) is 1. The zero-order valence-corrected chi connectivity index (χ0v) is 5.87. The van der Waals surface area contributed by atoms with E-state index < -0.39 is 11.8 Å². The highest BCUT2D eigenvalue weighted by molar-refractivity contribution is 5.67. The van der Waals surface area contributed by atoms with E-state index in [-0.39, 0.29) is 0 Å². The van der Waals surface area contributed by atoms with E-state index in [4.69, 9.17) is 9.84 Å². The van der Waals surface area contributed by atoms with Gasteiger partial charge in [-0.05, 0) is 13.8 Å². The normalized spacial score (nSPS) is 20.8. The first-order chi connectivity index (χ1) is 4.54. The smallest absolute Gasteiger partial charge is 0.414 e. The van der Waals surface area contributed by atoms with Crippen molar-refractivity contribution in [3.63, 3.8) is 0 Å². The molecule has 0 spiro atoms. The first-order valence-corrected chi connectivity index (χ1v) is 2.91. The number of hydrogen-bond acceptors (Lipinski definition) is 2. The molecule has 0 atom stereocenters. The molecule has 0 radical (unpaired) electrons. The highest BCUT2D eigenvalue weighted by Gasteiger charge is 2.33. The predicted octanol–water partition coefficient (Wildman–Crippen LogP) is 1.20. The Morgan fingerprint density at radius 2 is 2.30 bits per heavy atom. The molecule has 0 fully saturated rings. The summed E-state index contributed by atoms with van der Waals surface area (Å²) in [6, 6.07) is 0. The third-order valence-corrected chi connectivity index (χ3v) is 1.35. The predicted molar refractivity (Wildman–Crippen MR) is 34.2 cm³/mol. The molecule has 56 valence electrons. The van der Waals surface area contributed by atoms with E-state index in [1.54, 1.807) is 13.8 Å². The molecule has 4 nitrogen and oxygen atoms in total. The maximum atomic E-state index is 10.4. The highest BCUT2D eigenvalue weighted by Crippen LogP contribution is 2.22. The minimum absolute atomic E-state index is 0.744. The molecule has 0 aromatic carbocycles. The second-order valence-electron chi connectivity index (χ2n) is 2.50. The van der Waals surface area contributed by atoms with Crippen molar-refractivity contribution in [1.29, 1.82) is 0 Å². The van der Waals surface area contributed by atoms with E-state index in [1.807, 2.05) is 0 Å². The zero-order valence-electron chi connectivity index (χ0n) is 5.87. The average Bonchev–Trinajstić information content (AvgIpc) is 2.08. The van der Waals surface area contributed by atoms with Crippen molar-refractivity contribution in [3.05, 3.63) is 12.5 Å². The van der Waals surface area contributed by atoms with Crippen LogP contribution in [0.2, 0.25) is 0 Å². The van der Waals surface area contributed by atoms with Gasteiger partial charge in [-0.25, -0.2) is 9.69 Å². The van der Waals surface area contributed by atoms with Crippen LogP contribution in [0.5, 0.6) is 0 Å². The van der Waals surface area contributed by atoms with Gasteiger partial charge in [0.15, 0.2) is 5.72 Å². The maximum absolute atomic E-state index is 10.4. The Morgan fingerprint density at radius 3 is 2.50 bits per heavy atom. The van der Waals surface area contributed by atoms with Gasteiger partial charge < -0.3 is 9.84 Å². The molecule has 0 bridgehead atoms. The summed E-state index contributed by atoms with van der Waals surface area (Å²) in [7, 11) is 0. The molecule has 0 unspecified atom stereocenters. The quantitative estimate of drug-likeness (QED) is 0.554. The molecule has 1 aliphatic rings. The summed E-state index contributed by atoms with van der Waals surface area (Å²) in [5.41, 5.74) is -0.744. The Kier molecular flexibility index (Phi) is 1.31. The van der Waals surface area contributed by atoms with Crippen molar-refractivity contribution >= 4 is 6.09 Å². The molecule has 1 aliphatic heterocycles. The van der Waals surface area contributed by atoms with Crippen LogP contribution in [0, 0.1) is 0 Å². The minimum Gasteiger partial charge on any atom is -0.474 e. The van der Waals surface area contributed by atoms with Crippen LogP contribution in [-0.4, -0.2) is 21.8 Å². The summed E-state index contributed by atoms with van der Waals surface area (Å²) in [5, 5.41) is 8.54. The van der Waals surface area contributed by atoms with Crippen molar-refractivity contribution in [2.24, 2.45) is 0 Å². The van der Waals surface area contributed by atoms with E-state index >= 15 is 0 Å². The molecule has 10 heavy (non-hydrogen) atoms. The fourth-order valence-electron chi connectivity index (χ4n) is 0.788. The second-order valence-corrected chi connectivity index (χ2v) is 2.50. The van der Waals surface area contributed by atoms with Crippen LogP contribution < -0.4 is 0 Å². The van der Waals surface area contributed by atoms with Gasteiger partial charge in [0.1, 0.15) is 6.26 Å². The Hall–Kier alpha value is -1.19. The molecule has 0 aromatic heterocycles. The Labute approximate surface area is 58.7 Å². The van der Waals surface area contributed by atoms with Gasteiger partial charge in [-0.1, -0.05) is 0 Å². The summed E-state index contributed by atoms with van der Waals surface area (Å²) in [6.07, 6.45) is 1.76. The van der Waals surface area contributed by atoms with Gasteiger partial charge >= 0.3 is 6.09 Å². The first-order valence-electron chi connectivity index (χ1n) is 2.91. The Bertz CT molecular complexity index is 185. The molecule has 1 N–H and O–H groups in total. The fraction of sp³-hybridized carbons (Fsp3) is 0.500. The highest BCUT2D eigenvalue weighted by atomic mass is 16.5. The molecule has 1 amide bonds. The third kappa shape index (κ3) is 0.920. The molecule has 0 saturated carbocycles. The standard InChI is InChI=1S/C6H9NO3/c1-6(2)7(5(8)9)3-4-10-6/h3-4H,1-2H3,(H,8,9). The van der Waals surface area contributed by atoms with E-state index in [9.17, 15) is 4.79 Å². The molecular formula is C6H9NO3. The molecule has 0 aromatic rings. The first kappa shape index (κ1) is 6.92. The van der Waals surface area contributed by atoms with E-state index in [0.29, 0.717) is 0 Å². The lowest BCUT2D eigenvalue weighted by molar-refractivity contribution is -0.0197. The van der Waals surface area contributed by atoms with Crippen LogP contribution in [0.1, 0.15) is 13.8 Å². The van der Waals surface area contributed by atoms with Gasteiger partial charge in [-0.3, -0.25) is 0 Å². The summed E-state index contributed by atoms with van der Waals surface area (Å²) in [5.74, 6) is 0. The number of hydrogen-bond donors (Lipinski definition) is 1. The van der Waals surface area contributed by atoms with Gasteiger partial charge in [-0.2, -0.15) is 0 Å². The molecule has 1 heterocycles. The van der Waals surface area contributed by atoms with Gasteiger partial charge in [0.05, 0.1) is 0 Å². The van der Waals surface area contributed by atoms with E-state index in [0.717, 1.165) is 4.90 Å². The number of ether oxygens (including phenoxy) is 1. The Morgan fingerprint density at radius 1 is 1.70 bits per heavy atom. The van der Waals surface area contributed by atoms with Gasteiger partial charge in [0.2, 0.25) is 0 Å². The summed E-state index contributed by atoms with van der Waals surface area (Å²) < 4.78 is 4.98. The van der Waals surface area contributed by atoms with Gasteiger partial charge in [0, 0.05) is 6.20 Å². The van der Waals surface area contributed by atoms with Crippen LogP contribution in [-0.2, 0) is 4.74 Å². The van der Waals surface area contributed by atoms with Crippen LogP contribution in [0.25, 0.3) is 0 Å². The van der Waals surface area contributed by atoms with E-state index in [2.05, 4.69) is 0 Å². The SMILES string of the molecule is CC1(C)OC=CN1C(=O)O. The van der Waals surface area contributed by atoms with Crippen LogP contribution >= 0.6 is 0 Å². The number of rotatable bonds is 0. The minimum atomic E-state index is -1.00. The Balaban J connectivity index is 2.77. The summed E-state index contributed by atoms with van der Waals surface area (Å²) in [6.45, 7) is 3.36. The lowest BCUT2D eigenvalue weighted by Crippen LogP contribution is -2.41. The van der Waals surface area contributed by atoms with Crippen molar-refractivity contribution in [2.45, 2.75) is 19.6 Å². The lowest BCUT2D eigenvalue weighted by Gasteiger charge is -2.26. The summed E-state index contributed by atoms with van der Waals surface area (Å²) >= 11 is 0.